The molecule has 0 spiro atoms. The van der Waals surface area contributed by atoms with Gasteiger partial charge in [-0.05, 0) is 120 Å². The molecule has 0 unspecified atom stereocenters. The summed E-state index contributed by atoms with van der Waals surface area (Å²) in [7, 11) is 0. The van der Waals surface area contributed by atoms with Gasteiger partial charge in [0.2, 0.25) is 6.71 Å². The minimum Gasteiger partial charge on any atom is -0.309 e. The molecular weight excluding hydrogens is 810 g/mol. The molecule has 0 aliphatic carbocycles. The summed E-state index contributed by atoms with van der Waals surface area (Å²) in [6.45, 7) is 7.21. The molecule has 2 aliphatic rings. The third kappa shape index (κ3) is 5.82. The second-order valence-electron chi connectivity index (χ2n) is 18.4. The van der Waals surface area contributed by atoms with Gasteiger partial charge in [0.05, 0.1) is 11.0 Å². The molecule has 0 fully saturated rings. The number of nitrogens with zero attached hydrogens (tertiary/aromatic N) is 1. The summed E-state index contributed by atoms with van der Waals surface area (Å²) in [4.78, 5) is 5.36. The maximum absolute atomic E-state index is 2.50. The van der Waals surface area contributed by atoms with E-state index in [0.29, 0.717) is 0 Å². The fourth-order valence-corrected chi connectivity index (χ4v) is 13.2. The maximum Gasteiger partial charge on any atom is 0.247 e. The Morgan fingerprint density at radius 1 is 0.375 bits per heavy atom. The molecule has 4 heteroatoms. The molecule has 10 aromatic carbocycles. The molecule has 2 aliphatic heterocycles. The second kappa shape index (κ2) is 14.4. The van der Waals surface area contributed by atoms with E-state index in [-0.39, 0.29) is 12.1 Å². The molecule has 0 N–H and O–H groups in total. The summed E-state index contributed by atoms with van der Waals surface area (Å²) in [6, 6.07) is 75.3. The highest BCUT2D eigenvalue weighted by molar-refractivity contribution is 8.01. The monoisotopic (exact) mass is 851 g/mol. The summed E-state index contributed by atoms with van der Waals surface area (Å²) < 4.78 is 2.45. The highest BCUT2D eigenvalue weighted by Crippen LogP contribution is 2.47. The van der Waals surface area contributed by atoms with Crippen LogP contribution in [0.1, 0.15) is 26.3 Å². The van der Waals surface area contributed by atoms with Crippen molar-refractivity contribution in [1.82, 2.24) is 4.57 Å². The van der Waals surface area contributed by atoms with Crippen LogP contribution in [0.15, 0.2) is 220 Å². The molecule has 302 valence electrons. The van der Waals surface area contributed by atoms with Crippen LogP contribution in [-0.4, -0.2) is 11.3 Å². The molecule has 13 rings (SSSR count). The fourth-order valence-electron chi connectivity index (χ4n) is 10.7. The Labute approximate surface area is 382 Å². The predicted octanol–water partition coefficient (Wildman–Crippen LogP) is 14.8. The van der Waals surface area contributed by atoms with Crippen molar-refractivity contribution in [2.45, 2.75) is 45.8 Å². The van der Waals surface area contributed by atoms with E-state index in [1.165, 1.54) is 124 Å². The number of hydrogen-bond donors (Lipinski definition) is 0. The van der Waals surface area contributed by atoms with Crippen LogP contribution >= 0.6 is 23.5 Å². The van der Waals surface area contributed by atoms with E-state index in [1.54, 1.807) is 0 Å². The summed E-state index contributed by atoms with van der Waals surface area (Å²) in [5, 5.41) is 7.68. The third-order valence-electron chi connectivity index (χ3n) is 13.6. The van der Waals surface area contributed by atoms with E-state index in [9.17, 15) is 0 Å². The normalized spacial score (nSPS) is 13.1. The lowest BCUT2D eigenvalue weighted by atomic mass is 9.36. The highest BCUT2D eigenvalue weighted by Gasteiger charge is 2.38. The number of benzene rings is 10. The highest BCUT2D eigenvalue weighted by atomic mass is 32.2. The van der Waals surface area contributed by atoms with Crippen molar-refractivity contribution < 1.29 is 0 Å². The predicted molar refractivity (Wildman–Crippen MR) is 277 cm³/mol. The van der Waals surface area contributed by atoms with Gasteiger partial charge in [0.15, 0.2) is 0 Å². The number of rotatable bonds is 4. The van der Waals surface area contributed by atoms with Crippen LogP contribution in [0.5, 0.6) is 0 Å². The standard InChI is InChI=1S/C60H42BNS2/c1-60(2,3)41-32-38(31-40(33-41)58-47-23-9-7-21-45(47)57(37-17-5-4-6-18-37)46-22-8-10-24-48(46)58)39-34-55-59-56(35-39)64-54-36-42(29-30-50(54)61(59)49-25-13-16-28-53(49)63-55)62-51-26-14-11-19-43(51)44-20-12-15-27-52(44)62/h4-36H,1-3H3. The molecule has 3 heterocycles. The van der Waals surface area contributed by atoms with Gasteiger partial charge in [-0.1, -0.05) is 207 Å². The van der Waals surface area contributed by atoms with Gasteiger partial charge >= 0.3 is 0 Å². The first-order valence-corrected chi connectivity index (χ1v) is 23.9. The first-order chi connectivity index (χ1) is 31.4. The van der Waals surface area contributed by atoms with Crippen LogP contribution in [0, 0.1) is 0 Å². The molecule has 0 radical (unpaired) electrons. The van der Waals surface area contributed by atoms with Gasteiger partial charge in [-0.2, -0.15) is 0 Å². The second-order valence-corrected chi connectivity index (χ2v) is 20.6. The van der Waals surface area contributed by atoms with Crippen molar-refractivity contribution in [3.05, 3.63) is 206 Å². The van der Waals surface area contributed by atoms with E-state index in [1.807, 2.05) is 23.5 Å². The Bertz CT molecular complexity index is 3620. The van der Waals surface area contributed by atoms with Crippen molar-refractivity contribution in [2.75, 3.05) is 0 Å². The molecule has 0 saturated heterocycles. The molecule has 0 bridgehead atoms. The quantitative estimate of drug-likeness (QED) is 0.128. The third-order valence-corrected chi connectivity index (χ3v) is 15.9. The van der Waals surface area contributed by atoms with Crippen LogP contribution in [0.4, 0.5) is 0 Å². The lowest BCUT2D eigenvalue weighted by molar-refractivity contribution is 0.591. The van der Waals surface area contributed by atoms with Crippen LogP contribution in [0.25, 0.3) is 82.4 Å². The zero-order chi connectivity index (χ0) is 42.7. The minimum atomic E-state index is -0.0709. The zero-order valence-electron chi connectivity index (χ0n) is 35.9. The largest absolute Gasteiger partial charge is 0.309 e. The van der Waals surface area contributed by atoms with E-state index in [2.05, 4.69) is 226 Å². The van der Waals surface area contributed by atoms with Gasteiger partial charge in [-0.3, -0.25) is 0 Å². The molecule has 1 nitrogen and oxygen atoms in total. The molecule has 1 aromatic heterocycles. The van der Waals surface area contributed by atoms with Gasteiger partial charge in [0.25, 0.3) is 0 Å². The number of hydrogen-bond acceptors (Lipinski definition) is 2. The maximum atomic E-state index is 2.50. The summed E-state index contributed by atoms with van der Waals surface area (Å²) in [5.74, 6) is 0. The van der Waals surface area contributed by atoms with Gasteiger partial charge in [-0.15, -0.1) is 0 Å². The molecule has 0 atom stereocenters. The number of para-hydroxylation sites is 2. The Kier molecular flexibility index (Phi) is 8.51. The van der Waals surface area contributed by atoms with Crippen molar-refractivity contribution in [3.8, 4) is 39.1 Å². The topological polar surface area (TPSA) is 4.93 Å². The number of aromatic nitrogens is 1. The molecule has 64 heavy (non-hydrogen) atoms. The smallest absolute Gasteiger partial charge is 0.247 e. The molecule has 0 amide bonds. The Hall–Kier alpha value is -6.72. The fraction of sp³-hybridized carbons (Fsp3) is 0.0667. The molecule has 0 saturated carbocycles. The van der Waals surface area contributed by atoms with Crippen LogP contribution in [0.3, 0.4) is 0 Å². The van der Waals surface area contributed by atoms with Gasteiger partial charge < -0.3 is 4.57 Å². The van der Waals surface area contributed by atoms with Crippen molar-refractivity contribution in [1.29, 1.82) is 0 Å². The molecule has 11 aromatic rings. The summed E-state index contributed by atoms with van der Waals surface area (Å²) >= 11 is 3.88. The Balaban J connectivity index is 1.02. The summed E-state index contributed by atoms with van der Waals surface area (Å²) in [6.07, 6.45) is 0. The van der Waals surface area contributed by atoms with E-state index in [0.717, 1.165) is 0 Å². The first-order valence-electron chi connectivity index (χ1n) is 22.3. The Morgan fingerprint density at radius 2 is 0.859 bits per heavy atom. The van der Waals surface area contributed by atoms with E-state index < -0.39 is 0 Å². The van der Waals surface area contributed by atoms with Crippen LogP contribution in [0.2, 0.25) is 0 Å². The average molecular weight is 852 g/mol. The lowest BCUT2D eigenvalue weighted by Crippen LogP contribution is -2.58. The van der Waals surface area contributed by atoms with Gasteiger partial charge in [-0.25, -0.2) is 0 Å². The van der Waals surface area contributed by atoms with Gasteiger partial charge in [0.1, 0.15) is 0 Å². The van der Waals surface area contributed by atoms with Crippen LogP contribution < -0.4 is 16.4 Å². The average Bonchev–Trinajstić information content (AvgIpc) is 3.67. The van der Waals surface area contributed by atoms with Crippen LogP contribution in [-0.2, 0) is 5.41 Å². The van der Waals surface area contributed by atoms with E-state index >= 15 is 0 Å². The molecular formula is C60H42BNS2. The van der Waals surface area contributed by atoms with Crippen molar-refractivity contribution in [2.24, 2.45) is 0 Å². The van der Waals surface area contributed by atoms with Crippen molar-refractivity contribution >= 4 is 90.0 Å². The Morgan fingerprint density at radius 3 is 1.48 bits per heavy atom. The summed E-state index contributed by atoms with van der Waals surface area (Å²) in [5.41, 5.74) is 16.7. The van der Waals surface area contributed by atoms with Crippen molar-refractivity contribution in [3.63, 3.8) is 0 Å². The lowest BCUT2D eigenvalue weighted by Gasteiger charge is -2.33. The number of fused-ring (bicyclic) bond motifs is 9. The SMILES string of the molecule is CC(C)(C)c1cc(-c2cc3c4c(c2)Sc2cc(-n5c6ccccc6c6ccccc65)ccc2B4c2ccccc2S3)cc(-c2c3ccccc3c(-c3ccccc3)c3ccccc23)c1. The van der Waals surface area contributed by atoms with E-state index in [4.69, 9.17) is 0 Å². The minimum absolute atomic E-state index is 0.0709. The zero-order valence-corrected chi connectivity index (χ0v) is 37.5. The van der Waals surface area contributed by atoms with Gasteiger partial charge in [0, 0.05) is 36.0 Å². The first kappa shape index (κ1) is 37.8.